The Morgan fingerprint density at radius 3 is 2.47 bits per heavy atom. The molecule has 2 N–H and O–H groups in total. The molecule has 1 fully saturated rings. The average Bonchev–Trinajstić information content (AvgIpc) is 3.18. The molecule has 0 bridgehead atoms. The lowest BCUT2D eigenvalue weighted by Crippen LogP contribution is -2.53. The molecule has 0 aliphatic heterocycles. The summed E-state index contributed by atoms with van der Waals surface area (Å²) in [6.07, 6.45) is 4.38. The third kappa shape index (κ3) is 6.55. The summed E-state index contributed by atoms with van der Waals surface area (Å²) < 4.78 is 5.75. The molecule has 1 aliphatic rings. The number of nitrogens with zero attached hydrogens (tertiary/aromatic N) is 1. The topological polar surface area (TPSA) is 80.3 Å². The van der Waals surface area contributed by atoms with Crippen LogP contribution in [0.15, 0.2) is 29.6 Å². The molecule has 1 aliphatic carbocycles. The van der Waals surface area contributed by atoms with Crippen molar-refractivity contribution < 1.29 is 14.3 Å². The van der Waals surface area contributed by atoms with Crippen LogP contribution >= 0.6 is 11.3 Å². The number of carbonyl (C=O) groups is 2. The standard InChI is InChI=1S/C23H31N3O3S/c1-15(2)12-21(27)24-18-6-4-5-7-19(18)26-23(28)20-14-30-22(25-20)13-29-17-10-8-16(3)9-11-17/h8-11,14-15,18-19H,4-7,12-13H2,1-3H3,(H,24,27)(H,26,28)/t18-,19-/m0/s1. The van der Waals surface area contributed by atoms with Crippen molar-refractivity contribution in [3.63, 3.8) is 0 Å². The Balaban J connectivity index is 1.54. The largest absolute Gasteiger partial charge is 0.486 e. The third-order valence-corrected chi connectivity index (χ3v) is 6.01. The molecule has 7 heteroatoms. The van der Waals surface area contributed by atoms with Crippen LogP contribution in [0.3, 0.4) is 0 Å². The van der Waals surface area contributed by atoms with Crippen molar-refractivity contribution in [2.75, 3.05) is 0 Å². The molecular formula is C23H31N3O3S. The van der Waals surface area contributed by atoms with Gasteiger partial charge in [-0.25, -0.2) is 4.98 Å². The monoisotopic (exact) mass is 429 g/mol. The smallest absolute Gasteiger partial charge is 0.271 e. The van der Waals surface area contributed by atoms with Crippen LogP contribution in [0.25, 0.3) is 0 Å². The van der Waals surface area contributed by atoms with Crippen LogP contribution in [0.1, 0.15) is 67.0 Å². The number of thiazole rings is 1. The Kier molecular flexibility index (Phi) is 7.85. The summed E-state index contributed by atoms with van der Waals surface area (Å²) in [6, 6.07) is 7.77. The summed E-state index contributed by atoms with van der Waals surface area (Å²) in [5.74, 6) is 0.962. The summed E-state index contributed by atoms with van der Waals surface area (Å²) in [7, 11) is 0. The van der Waals surface area contributed by atoms with Crippen LogP contribution < -0.4 is 15.4 Å². The van der Waals surface area contributed by atoms with Crippen molar-refractivity contribution in [3.05, 3.63) is 45.9 Å². The first kappa shape index (κ1) is 22.3. The van der Waals surface area contributed by atoms with Gasteiger partial charge in [0.25, 0.3) is 5.91 Å². The lowest BCUT2D eigenvalue weighted by Gasteiger charge is -2.32. The highest BCUT2D eigenvalue weighted by atomic mass is 32.1. The molecule has 2 aromatic rings. The number of carbonyl (C=O) groups excluding carboxylic acids is 2. The fourth-order valence-corrected chi connectivity index (χ4v) is 4.30. The van der Waals surface area contributed by atoms with E-state index < -0.39 is 0 Å². The van der Waals surface area contributed by atoms with Crippen LogP contribution in [0.4, 0.5) is 0 Å². The maximum absolute atomic E-state index is 12.7. The first-order valence-electron chi connectivity index (χ1n) is 10.6. The van der Waals surface area contributed by atoms with Gasteiger partial charge in [0.15, 0.2) is 0 Å². The molecule has 2 atom stereocenters. The van der Waals surface area contributed by atoms with Crippen molar-refractivity contribution in [2.45, 2.75) is 71.6 Å². The fourth-order valence-electron chi connectivity index (χ4n) is 3.62. The maximum atomic E-state index is 12.7. The molecule has 0 spiro atoms. The molecular weight excluding hydrogens is 398 g/mol. The summed E-state index contributed by atoms with van der Waals surface area (Å²) in [4.78, 5) is 29.3. The van der Waals surface area contributed by atoms with Crippen molar-refractivity contribution >= 4 is 23.2 Å². The summed E-state index contributed by atoms with van der Waals surface area (Å²) >= 11 is 1.41. The van der Waals surface area contributed by atoms with Crippen LogP contribution in [0.2, 0.25) is 0 Å². The minimum absolute atomic E-state index is 0.0167. The van der Waals surface area contributed by atoms with Gasteiger partial charge in [0.1, 0.15) is 23.1 Å². The number of rotatable bonds is 8. The first-order valence-corrected chi connectivity index (χ1v) is 11.5. The molecule has 0 saturated heterocycles. The normalized spacial score (nSPS) is 18.8. The van der Waals surface area contributed by atoms with E-state index in [-0.39, 0.29) is 23.9 Å². The SMILES string of the molecule is Cc1ccc(OCc2nc(C(=O)N[C@H]3CCCC[C@@H]3NC(=O)CC(C)C)cs2)cc1. The second-order valence-electron chi connectivity index (χ2n) is 8.36. The molecule has 2 amide bonds. The number of hydrogen-bond acceptors (Lipinski definition) is 5. The highest BCUT2D eigenvalue weighted by Crippen LogP contribution is 2.21. The quantitative estimate of drug-likeness (QED) is 0.658. The van der Waals surface area contributed by atoms with Crippen molar-refractivity contribution in [1.82, 2.24) is 15.6 Å². The zero-order chi connectivity index (χ0) is 21.5. The maximum Gasteiger partial charge on any atom is 0.271 e. The number of aromatic nitrogens is 1. The van der Waals surface area contributed by atoms with Crippen LogP contribution in [0.5, 0.6) is 5.75 Å². The molecule has 1 saturated carbocycles. The number of benzene rings is 1. The summed E-state index contributed by atoms with van der Waals surface area (Å²) in [6.45, 7) is 6.42. The van der Waals surface area contributed by atoms with Gasteiger partial charge in [0.2, 0.25) is 5.91 Å². The van der Waals surface area contributed by atoms with Crippen molar-refractivity contribution in [1.29, 1.82) is 0 Å². The fraction of sp³-hybridized carbons (Fsp3) is 0.522. The summed E-state index contributed by atoms with van der Waals surface area (Å²) in [5, 5.41) is 8.72. The Morgan fingerprint density at radius 1 is 1.13 bits per heavy atom. The van der Waals surface area contributed by atoms with E-state index in [2.05, 4.69) is 15.6 Å². The Morgan fingerprint density at radius 2 is 1.80 bits per heavy atom. The van der Waals surface area contributed by atoms with E-state index in [0.717, 1.165) is 36.4 Å². The van der Waals surface area contributed by atoms with E-state index in [1.54, 1.807) is 5.38 Å². The van der Waals surface area contributed by atoms with Gasteiger partial charge < -0.3 is 15.4 Å². The second kappa shape index (κ2) is 10.6. The Bertz CT molecular complexity index is 848. The molecule has 1 aromatic carbocycles. The van der Waals surface area contributed by atoms with Gasteiger partial charge >= 0.3 is 0 Å². The zero-order valence-corrected chi connectivity index (χ0v) is 18.8. The van der Waals surface area contributed by atoms with Crippen LogP contribution in [-0.4, -0.2) is 28.9 Å². The van der Waals surface area contributed by atoms with Crippen LogP contribution in [-0.2, 0) is 11.4 Å². The number of aryl methyl sites for hydroxylation is 1. The van der Waals surface area contributed by atoms with Gasteiger partial charge in [-0.2, -0.15) is 0 Å². The van der Waals surface area contributed by atoms with Gasteiger partial charge in [-0.15, -0.1) is 11.3 Å². The van der Waals surface area contributed by atoms with Crippen molar-refractivity contribution in [3.8, 4) is 5.75 Å². The minimum atomic E-state index is -0.192. The van der Waals surface area contributed by atoms with Gasteiger partial charge in [0.05, 0.1) is 0 Å². The van der Waals surface area contributed by atoms with Gasteiger partial charge in [-0.1, -0.05) is 44.4 Å². The molecule has 162 valence electrons. The molecule has 1 heterocycles. The van der Waals surface area contributed by atoms with Gasteiger partial charge in [-0.3, -0.25) is 9.59 Å². The van der Waals surface area contributed by atoms with E-state index in [0.29, 0.717) is 24.6 Å². The minimum Gasteiger partial charge on any atom is -0.486 e. The molecule has 3 rings (SSSR count). The van der Waals surface area contributed by atoms with Gasteiger partial charge in [-0.05, 0) is 37.8 Å². The number of nitrogens with one attached hydrogen (secondary N) is 2. The van der Waals surface area contributed by atoms with E-state index >= 15 is 0 Å². The summed E-state index contributed by atoms with van der Waals surface area (Å²) in [5.41, 5.74) is 1.58. The molecule has 0 unspecified atom stereocenters. The number of ether oxygens (including phenoxy) is 1. The molecule has 6 nitrogen and oxygen atoms in total. The predicted molar refractivity (Wildman–Crippen MR) is 119 cm³/mol. The Hall–Kier alpha value is -2.41. The van der Waals surface area contributed by atoms with E-state index in [4.69, 9.17) is 4.74 Å². The first-order chi connectivity index (χ1) is 14.4. The number of amides is 2. The highest BCUT2D eigenvalue weighted by molar-refractivity contribution is 7.09. The molecule has 0 radical (unpaired) electrons. The Labute approximate surface area is 182 Å². The van der Waals surface area contributed by atoms with E-state index in [1.165, 1.54) is 16.9 Å². The van der Waals surface area contributed by atoms with Crippen molar-refractivity contribution in [2.24, 2.45) is 5.92 Å². The predicted octanol–water partition coefficient (Wildman–Crippen LogP) is 4.23. The molecule has 1 aromatic heterocycles. The highest BCUT2D eigenvalue weighted by Gasteiger charge is 2.28. The lowest BCUT2D eigenvalue weighted by molar-refractivity contribution is -0.122. The van der Waals surface area contributed by atoms with E-state index in [9.17, 15) is 9.59 Å². The third-order valence-electron chi connectivity index (χ3n) is 5.19. The number of hydrogen-bond donors (Lipinski definition) is 2. The second-order valence-corrected chi connectivity index (χ2v) is 9.31. The van der Waals surface area contributed by atoms with Crippen LogP contribution in [0, 0.1) is 12.8 Å². The van der Waals surface area contributed by atoms with E-state index in [1.807, 2.05) is 45.0 Å². The molecule has 30 heavy (non-hydrogen) atoms. The van der Waals surface area contributed by atoms with Gasteiger partial charge in [0, 0.05) is 23.9 Å². The average molecular weight is 430 g/mol. The lowest BCUT2D eigenvalue weighted by atomic mass is 9.90. The zero-order valence-electron chi connectivity index (χ0n) is 17.9.